The molecule has 0 aliphatic carbocycles. The Kier molecular flexibility index (Phi) is 3.08. The van der Waals surface area contributed by atoms with Crippen molar-refractivity contribution in [1.29, 1.82) is 0 Å². The molecule has 0 atom stereocenters. The molecule has 19 heavy (non-hydrogen) atoms. The normalized spacial score (nSPS) is 10.8. The van der Waals surface area contributed by atoms with Crippen molar-refractivity contribution in [2.24, 2.45) is 0 Å². The molecule has 0 bridgehead atoms. The lowest BCUT2D eigenvalue weighted by Gasteiger charge is -2.07. The third-order valence-corrected chi connectivity index (χ3v) is 3.54. The van der Waals surface area contributed by atoms with E-state index in [1.54, 1.807) is 0 Å². The van der Waals surface area contributed by atoms with Gasteiger partial charge in [-0.3, -0.25) is 0 Å². The van der Waals surface area contributed by atoms with Crippen molar-refractivity contribution < 1.29 is 8.78 Å². The molecule has 0 fully saturated rings. The zero-order chi connectivity index (χ0) is 13.2. The Morgan fingerprint density at radius 1 is 1.16 bits per heavy atom. The minimum atomic E-state index is -0.457. The number of hydrogen-bond donors (Lipinski definition) is 1. The van der Waals surface area contributed by atoms with E-state index in [0.29, 0.717) is 5.82 Å². The number of anilines is 1. The molecule has 6 heteroatoms. The number of hydrogen-bond acceptors (Lipinski definition) is 4. The number of benzene rings is 1. The molecule has 1 aromatic carbocycles. The van der Waals surface area contributed by atoms with Gasteiger partial charge in [0.15, 0.2) is 0 Å². The van der Waals surface area contributed by atoms with Crippen LogP contribution in [0.1, 0.15) is 5.56 Å². The van der Waals surface area contributed by atoms with Crippen LogP contribution in [0.5, 0.6) is 0 Å². The largest absolute Gasteiger partial charge is 0.365 e. The minimum Gasteiger partial charge on any atom is -0.365 e. The van der Waals surface area contributed by atoms with Crippen molar-refractivity contribution >= 4 is 27.4 Å². The average molecular weight is 277 g/mol. The Morgan fingerprint density at radius 3 is 2.95 bits per heavy atom. The lowest BCUT2D eigenvalue weighted by molar-refractivity contribution is 0.587. The summed E-state index contributed by atoms with van der Waals surface area (Å²) in [5.41, 5.74) is 0.266. The third kappa shape index (κ3) is 2.39. The maximum atomic E-state index is 13.5. The van der Waals surface area contributed by atoms with Crippen molar-refractivity contribution in [3.8, 4) is 0 Å². The first-order valence-corrected chi connectivity index (χ1v) is 6.48. The van der Waals surface area contributed by atoms with Gasteiger partial charge in [-0.1, -0.05) is 0 Å². The van der Waals surface area contributed by atoms with E-state index in [-0.39, 0.29) is 12.1 Å². The SMILES string of the molecule is Fc1ccc(F)c(CNc2ncnc3sccc23)c1. The maximum Gasteiger partial charge on any atom is 0.138 e. The molecular weight excluding hydrogens is 268 g/mol. The highest BCUT2D eigenvalue weighted by molar-refractivity contribution is 7.16. The minimum absolute atomic E-state index is 0.172. The van der Waals surface area contributed by atoms with Crippen LogP contribution in [0.3, 0.4) is 0 Å². The van der Waals surface area contributed by atoms with E-state index >= 15 is 0 Å². The summed E-state index contributed by atoms with van der Waals surface area (Å²) in [4.78, 5) is 9.09. The molecule has 0 saturated carbocycles. The fourth-order valence-electron chi connectivity index (χ4n) is 1.79. The number of aromatic nitrogens is 2. The van der Waals surface area contributed by atoms with Gasteiger partial charge in [0.05, 0.1) is 5.39 Å². The van der Waals surface area contributed by atoms with Gasteiger partial charge in [0.25, 0.3) is 0 Å². The van der Waals surface area contributed by atoms with E-state index in [2.05, 4.69) is 15.3 Å². The summed E-state index contributed by atoms with van der Waals surface area (Å²) in [6.45, 7) is 0.172. The van der Waals surface area contributed by atoms with Gasteiger partial charge in [-0.05, 0) is 29.6 Å². The predicted molar refractivity (Wildman–Crippen MR) is 71.1 cm³/mol. The maximum absolute atomic E-state index is 13.5. The van der Waals surface area contributed by atoms with Gasteiger partial charge < -0.3 is 5.32 Å². The van der Waals surface area contributed by atoms with E-state index in [4.69, 9.17) is 0 Å². The monoisotopic (exact) mass is 277 g/mol. The zero-order valence-electron chi connectivity index (χ0n) is 9.73. The second kappa shape index (κ2) is 4.89. The van der Waals surface area contributed by atoms with Crippen LogP contribution in [0, 0.1) is 11.6 Å². The van der Waals surface area contributed by atoms with Gasteiger partial charge in [0, 0.05) is 12.1 Å². The number of fused-ring (bicyclic) bond motifs is 1. The van der Waals surface area contributed by atoms with Crippen molar-refractivity contribution in [2.45, 2.75) is 6.54 Å². The summed E-state index contributed by atoms with van der Waals surface area (Å²) in [5, 5.41) is 5.80. The van der Waals surface area contributed by atoms with Crippen molar-refractivity contribution in [1.82, 2.24) is 9.97 Å². The Labute approximate surface area is 111 Å². The molecule has 0 aliphatic heterocycles. The first-order valence-electron chi connectivity index (χ1n) is 5.60. The van der Waals surface area contributed by atoms with Crippen LogP contribution in [-0.4, -0.2) is 9.97 Å². The molecule has 0 aliphatic rings. The van der Waals surface area contributed by atoms with Gasteiger partial charge in [-0.2, -0.15) is 0 Å². The predicted octanol–water partition coefficient (Wildman–Crippen LogP) is 3.58. The highest BCUT2D eigenvalue weighted by Gasteiger charge is 2.07. The van der Waals surface area contributed by atoms with E-state index < -0.39 is 11.6 Å². The van der Waals surface area contributed by atoms with Gasteiger partial charge >= 0.3 is 0 Å². The van der Waals surface area contributed by atoms with Crippen LogP contribution in [0.15, 0.2) is 36.0 Å². The molecule has 96 valence electrons. The van der Waals surface area contributed by atoms with Gasteiger partial charge in [0.1, 0.15) is 28.6 Å². The molecule has 0 spiro atoms. The number of rotatable bonds is 3. The molecule has 0 unspecified atom stereocenters. The summed E-state index contributed by atoms with van der Waals surface area (Å²) in [6, 6.07) is 5.28. The Bertz CT molecular complexity index is 727. The van der Waals surface area contributed by atoms with E-state index in [1.807, 2.05) is 11.4 Å². The van der Waals surface area contributed by atoms with Crippen LogP contribution >= 0.6 is 11.3 Å². The molecule has 2 aromatic heterocycles. The summed E-state index contributed by atoms with van der Waals surface area (Å²) >= 11 is 1.50. The highest BCUT2D eigenvalue weighted by atomic mass is 32.1. The molecule has 3 aromatic rings. The van der Waals surface area contributed by atoms with Crippen molar-refractivity contribution in [3.05, 3.63) is 53.2 Å². The highest BCUT2D eigenvalue weighted by Crippen LogP contribution is 2.24. The van der Waals surface area contributed by atoms with E-state index in [0.717, 1.165) is 22.3 Å². The number of halogens is 2. The summed E-state index contributed by atoms with van der Waals surface area (Å²) in [7, 11) is 0. The average Bonchev–Trinajstić information content (AvgIpc) is 2.88. The second-order valence-corrected chi connectivity index (χ2v) is 4.85. The molecule has 1 N–H and O–H groups in total. The van der Waals surface area contributed by atoms with Gasteiger partial charge in [-0.25, -0.2) is 18.7 Å². The molecule has 0 saturated heterocycles. The van der Waals surface area contributed by atoms with Gasteiger partial charge in [0.2, 0.25) is 0 Å². The quantitative estimate of drug-likeness (QED) is 0.795. The van der Waals surface area contributed by atoms with Crippen LogP contribution in [-0.2, 0) is 6.54 Å². The van der Waals surface area contributed by atoms with Crippen LogP contribution in [0.4, 0.5) is 14.6 Å². The molecule has 3 rings (SSSR count). The molecule has 3 nitrogen and oxygen atoms in total. The standard InChI is InChI=1S/C13H9F2N3S/c14-9-1-2-11(15)8(5-9)6-16-12-10-3-4-19-13(10)18-7-17-12/h1-5,7H,6H2,(H,16,17,18). The smallest absolute Gasteiger partial charge is 0.138 e. The van der Waals surface area contributed by atoms with Crippen molar-refractivity contribution in [2.75, 3.05) is 5.32 Å². The Hall–Kier alpha value is -2.08. The number of nitrogens with zero attached hydrogens (tertiary/aromatic N) is 2. The van der Waals surface area contributed by atoms with Crippen molar-refractivity contribution in [3.63, 3.8) is 0 Å². The third-order valence-electron chi connectivity index (χ3n) is 2.72. The summed E-state index contributed by atoms with van der Waals surface area (Å²) in [6.07, 6.45) is 1.45. The molecule has 2 heterocycles. The topological polar surface area (TPSA) is 37.8 Å². The van der Waals surface area contributed by atoms with Crippen LogP contribution in [0.2, 0.25) is 0 Å². The lowest BCUT2D eigenvalue weighted by atomic mass is 10.2. The summed E-state index contributed by atoms with van der Waals surface area (Å²) < 4.78 is 26.5. The Balaban J connectivity index is 1.86. The molecule has 0 radical (unpaired) electrons. The van der Waals surface area contributed by atoms with E-state index in [9.17, 15) is 8.78 Å². The number of nitrogens with one attached hydrogen (secondary N) is 1. The first-order chi connectivity index (χ1) is 9.24. The first kappa shape index (κ1) is 12.0. The summed E-state index contributed by atoms with van der Waals surface area (Å²) in [5.74, 6) is -0.277. The zero-order valence-corrected chi connectivity index (χ0v) is 10.5. The second-order valence-electron chi connectivity index (χ2n) is 3.95. The Morgan fingerprint density at radius 2 is 2.05 bits per heavy atom. The van der Waals surface area contributed by atoms with E-state index in [1.165, 1.54) is 23.7 Å². The van der Waals surface area contributed by atoms with Crippen LogP contribution in [0.25, 0.3) is 10.2 Å². The number of thiophene rings is 1. The van der Waals surface area contributed by atoms with Gasteiger partial charge in [-0.15, -0.1) is 11.3 Å². The lowest BCUT2D eigenvalue weighted by Crippen LogP contribution is -2.04. The molecule has 0 amide bonds. The van der Waals surface area contributed by atoms with Crippen LogP contribution < -0.4 is 5.32 Å². The fourth-order valence-corrected chi connectivity index (χ4v) is 2.52. The molecular formula is C13H9F2N3S. The fraction of sp³-hybridized carbons (Fsp3) is 0.0769.